The summed E-state index contributed by atoms with van der Waals surface area (Å²) in [5, 5.41) is 3.25. The first-order valence-electron chi connectivity index (χ1n) is 5.98. The molecule has 0 spiro atoms. The zero-order valence-corrected chi connectivity index (χ0v) is 11.0. The standard InChI is InChI=1S/C12H24N2O2/c1-9-6-7-14(8-10(9)13-5)11(15)16-12(2,3)4/h9-10,13H,6-8H2,1-5H3/t9-,10+/m0/s1. The summed E-state index contributed by atoms with van der Waals surface area (Å²) in [7, 11) is 1.94. The van der Waals surface area contributed by atoms with E-state index in [0.717, 1.165) is 19.5 Å². The van der Waals surface area contributed by atoms with Crippen LogP contribution in [0.25, 0.3) is 0 Å². The van der Waals surface area contributed by atoms with Gasteiger partial charge in [-0.2, -0.15) is 0 Å². The lowest BCUT2D eigenvalue weighted by Crippen LogP contribution is -2.51. The van der Waals surface area contributed by atoms with Crippen LogP contribution in [0, 0.1) is 5.92 Å². The van der Waals surface area contributed by atoms with E-state index in [0.29, 0.717) is 12.0 Å². The topological polar surface area (TPSA) is 41.6 Å². The highest BCUT2D eigenvalue weighted by Crippen LogP contribution is 2.19. The minimum absolute atomic E-state index is 0.195. The second-order valence-corrected chi connectivity index (χ2v) is 5.59. The van der Waals surface area contributed by atoms with E-state index < -0.39 is 5.60 Å². The van der Waals surface area contributed by atoms with Crippen LogP contribution in [-0.2, 0) is 4.74 Å². The van der Waals surface area contributed by atoms with Crippen LogP contribution in [-0.4, -0.2) is 42.8 Å². The number of nitrogens with one attached hydrogen (secondary N) is 1. The normalized spacial score (nSPS) is 26.7. The Labute approximate surface area is 98.3 Å². The van der Waals surface area contributed by atoms with Gasteiger partial charge in [0.05, 0.1) is 0 Å². The van der Waals surface area contributed by atoms with E-state index in [9.17, 15) is 4.79 Å². The number of piperidine rings is 1. The van der Waals surface area contributed by atoms with Gasteiger partial charge in [-0.1, -0.05) is 6.92 Å². The zero-order chi connectivity index (χ0) is 12.3. The van der Waals surface area contributed by atoms with Crippen molar-refractivity contribution in [2.24, 2.45) is 5.92 Å². The van der Waals surface area contributed by atoms with Crippen molar-refractivity contribution in [3.63, 3.8) is 0 Å². The van der Waals surface area contributed by atoms with E-state index in [1.54, 1.807) is 4.90 Å². The maximum absolute atomic E-state index is 11.9. The highest BCUT2D eigenvalue weighted by Gasteiger charge is 2.30. The second kappa shape index (κ2) is 5.04. The van der Waals surface area contributed by atoms with Crippen molar-refractivity contribution in [3.8, 4) is 0 Å². The average molecular weight is 228 g/mol. The Morgan fingerprint density at radius 2 is 2.06 bits per heavy atom. The largest absolute Gasteiger partial charge is 0.444 e. The molecule has 16 heavy (non-hydrogen) atoms. The third kappa shape index (κ3) is 3.67. The fourth-order valence-electron chi connectivity index (χ4n) is 1.94. The Morgan fingerprint density at radius 3 is 2.56 bits per heavy atom. The second-order valence-electron chi connectivity index (χ2n) is 5.59. The molecule has 0 bridgehead atoms. The summed E-state index contributed by atoms with van der Waals surface area (Å²) >= 11 is 0. The molecule has 1 saturated heterocycles. The Morgan fingerprint density at radius 1 is 1.44 bits per heavy atom. The molecule has 1 fully saturated rings. The molecule has 2 atom stereocenters. The molecule has 0 unspecified atom stereocenters. The van der Waals surface area contributed by atoms with Crippen molar-refractivity contribution < 1.29 is 9.53 Å². The van der Waals surface area contributed by atoms with Gasteiger partial charge in [0, 0.05) is 19.1 Å². The number of hydrogen-bond acceptors (Lipinski definition) is 3. The zero-order valence-electron chi connectivity index (χ0n) is 11.0. The van der Waals surface area contributed by atoms with Crippen molar-refractivity contribution >= 4 is 6.09 Å². The summed E-state index contributed by atoms with van der Waals surface area (Å²) < 4.78 is 5.36. The summed E-state index contributed by atoms with van der Waals surface area (Å²) in [5.74, 6) is 0.615. The van der Waals surface area contributed by atoms with E-state index in [1.807, 2.05) is 27.8 Å². The van der Waals surface area contributed by atoms with E-state index in [2.05, 4.69) is 12.2 Å². The van der Waals surface area contributed by atoms with Gasteiger partial charge in [0.2, 0.25) is 0 Å². The van der Waals surface area contributed by atoms with Gasteiger partial charge in [-0.05, 0) is 40.2 Å². The fraction of sp³-hybridized carbons (Fsp3) is 0.917. The fourth-order valence-corrected chi connectivity index (χ4v) is 1.94. The average Bonchev–Trinajstić information content (AvgIpc) is 2.15. The monoisotopic (exact) mass is 228 g/mol. The summed E-state index contributed by atoms with van der Waals surface area (Å²) in [6, 6.07) is 0.376. The number of rotatable bonds is 1. The van der Waals surface area contributed by atoms with Gasteiger partial charge >= 0.3 is 6.09 Å². The summed E-state index contributed by atoms with van der Waals surface area (Å²) in [6.07, 6.45) is 0.838. The maximum Gasteiger partial charge on any atom is 0.410 e. The summed E-state index contributed by atoms with van der Waals surface area (Å²) in [5.41, 5.74) is -0.407. The Bertz CT molecular complexity index is 248. The number of ether oxygens (including phenoxy) is 1. The molecule has 1 amide bonds. The molecule has 4 nitrogen and oxygen atoms in total. The van der Waals surface area contributed by atoms with Crippen LogP contribution >= 0.6 is 0 Å². The number of likely N-dealkylation sites (N-methyl/N-ethyl adjacent to an activating group) is 1. The predicted octanol–water partition coefficient (Wildman–Crippen LogP) is 1.85. The first-order chi connectivity index (χ1) is 7.33. The number of carbonyl (C=O) groups is 1. The van der Waals surface area contributed by atoms with Crippen LogP contribution in [0.4, 0.5) is 4.79 Å². The quantitative estimate of drug-likeness (QED) is 0.744. The molecule has 0 aromatic rings. The Hall–Kier alpha value is -0.770. The minimum Gasteiger partial charge on any atom is -0.444 e. The van der Waals surface area contributed by atoms with Gasteiger partial charge in [-0.3, -0.25) is 0 Å². The third-order valence-electron chi connectivity index (χ3n) is 2.98. The van der Waals surface area contributed by atoms with E-state index in [4.69, 9.17) is 4.74 Å². The van der Waals surface area contributed by atoms with E-state index >= 15 is 0 Å². The molecule has 0 aromatic carbocycles. The van der Waals surface area contributed by atoms with Crippen molar-refractivity contribution in [3.05, 3.63) is 0 Å². The lowest BCUT2D eigenvalue weighted by Gasteiger charge is -2.37. The lowest BCUT2D eigenvalue weighted by molar-refractivity contribution is 0.0152. The number of carbonyl (C=O) groups excluding carboxylic acids is 1. The highest BCUT2D eigenvalue weighted by molar-refractivity contribution is 5.68. The number of nitrogens with zero attached hydrogens (tertiary/aromatic N) is 1. The first-order valence-corrected chi connectivity index (χ1v) is 5.98. The molecule has 0 aromatic heterocycles. The molecular formula is C12H24N2O2. The van der Waals surface area contributed by atoms with Gasteiger partial charge in [0.1, 0.15) is 5.60 Å². The minimum atomic E-state index is -0.407. The molecule has 0 aliphatic carbocycles. The van der Waals surface area contributed by atoms with Crippen molar-refractivity contribution in [1.29, 1.82) is 0 Å². The van der Waals surface area contributed by atoms with Crippen molar-refractivity contribution in [1.82, 2.24) is 10.2 Å². The van der Waals surface area contributed by atoms with Crippen molar-refractivity contribution in [2.75, 3.05) is 20.1 Å². The molecule has 1 rings (SSSR count). The van der Waals surface area contributed by atoms with Crippen LogP contribution < -0.4 is 5.32 Å². The van der Waals surface area contributed by atoms with E-state index in [-0.39, 0.29) is 6.09 Å². The Kier molecular flexibility index (Phi) is 4.19. The van der Waals surface area contributed by atoms with Crippen molar-refractivity contribution in [2.45, 2.75) is 45.8 Å². The van der Waals surface area contributed by atoms with Gasteiger partial charge in [0.25, 0.3) is 0 Å². The third-order valence-corrected chi connectivity index (χ3v) is 2.98. The molecule has 0 radical (unpaired) electrons. The highest BCUT2D eigenvalue weighted by atomic mass is 16.6. The Balaban J connectivity index is 2.52. The number of hydrogen-bond donors (Lipinski definition) is 1. The summed E-state index contributed by atoms with van der Waals surface area (Å²) in [6.45, 7) is 9.45. The number of amides is 1. The molecule has 1 N–H and O–H groups in total. The van der Waals surface area contributed by atoms with Crippen LogP contribution in [0.1, 0.15) is 34.1 Å². The van der Waals surface area contributed by atoms with Gasteiger partial charge in [-0.15, -0.1) is 0 Å². The molecule has 1 aliphatic rings. The molecule has 1 aliphatic heterocycles. The molecule has 1 heterocycles. The predicted molar refractivity (Wildman–Crippen MR) is 64.4 cm³/mol. The van der Waals surface area contributed by atoms with Crippen LogP contribution in [0.5, 0.6) is 0 Å². The smallest absolute Gasteiger partial charge is 0.410 e. The van der Waals surface area contributed by atoms with Gasteiger partial charge in [0.15, 0.2) is 0 Å². The molecule has 94 valence electrons. The maximum atomic E-state index is 11.9. The van der Waals surface area contributed by atoms with Gasteiger partial charge in [-0.25, -0.2) is 4.79 Å². The van der Waals surface area contributed by atoms with Gasteiger partial charge < -0.3 is 15.0 Å². The van der Waals surface area contributed by atoms with Crippen LogP contribution in [0.2, 0.25) is 0 Å². The number of likely N-dealkylation sites (tertiary alicyclic amines) is 1. The first kappa shape index (κ1) is 13.3. The van der Waals surface area contributed by atoms with Crippen LogP contribution in [0.3, 0.4) is 0 Å². The molecular weight excluding hydrogens is 204 g/mol. The molecule has 4 heteroatoms. The van der Waals surface area contributed by atoms with E-state index in [1.165, 1.54) is 0 Å². The SMILES string of the molecule is CN[C@@H]1CN(C(=O)OC(C)(C)C)CC[C@@H]1C. The molecule has 0 saturated carbocycles. The van der Waals surface area contributed by atoms with Crippen LogP contribution in [0.15, 0.2) is 0 Å². The summed E-state index contributed by atoms with van der Waals surface area (Å²) in [4.78, 5) is 13.7. The lowest BCUT2D eigenvalue weighted by atomic mass is 9.94.